The number of carbonyl (C=O) groups excluding carboxylic acids is 1. The van der Waals surface area contributed by atoms with Gasteiger partial charge in [0.1, 0.15) is 5.41 Å². The highest BCUT2D eigenvalue weighted by molar-refractivity contribution is 7.18. The Hall–Kier alpha value is -1.77. The lowest BCUT2D eigenvalue weighted by atomic mass is 9.86. The Morgan fingerprint density at radius 2 is 1.44 bits per heavy atom. The number of fused-ring (bicyclic) bond motifs is 1. The average Bonchev–Trinajstić information content (AvgIpc) is 3.28. The highest BCUT2D eigenvalue weighted by Crippen LogP contribution is 2.46. The van der Waals surface area contributed by atoms with Crippen molar-refractivity contribution in [2.75, 3.05) is 26.2 Å². The minimum absolute atomic E-state index is 0.393. The van der Waals surface area contributed by atoms with Crippen molar-refractivity contribution in [2.24, 2.45) is 17.8 Å². The van der Waals surface area contributed by atoms with Crippen LogP contribution in [0.4, 0.5) is 4.39 Å². The quantitative estimate of drug-likeness (QED) is 0.332. The predicted molar refractivity (Wildman–Crippen MR) is 151 cm³/mol. The topological polar surface area (TPSA) is 23.6 Å². The summed E-state index contributed by atoms with van der Waals surface area (Å²) in [5.41, 5.74) is 1.85. The molecule has 2 aromatic rings. The molecule has 4 fully saturated rings. The standard InChI is InChI=1S/C13H17FNOP.C12H21N.C6H6/c1-13(14,17)12-4-2-10(3-5-12)11-6-7-15(8-11)9-16;1-9-2-4-12(5-3-9)13-7-10-6-11(10)8-13;1-2-4-6-5-3-1/h2-5,9,11H,6-8,17H2,1H3;9-12H,2-8H2,1H3;1-6H. The molecule has 2 heterocycles. The first-order valence-corrected chi connectivity index (χ1v) is 14.4. The summed E-state index contributed by atoms with van der Waals surface area (Å²) in [7, 11) is 2.20. The zero-order valence-corrected chi connectivity index (χ0v) is 23.2. The van der Waals surface area contributed by atoms with Crippen LogP contribution in [0.1, 0.15) is 69.4 Å². The summed E-state index contributed by atoms with van der Waals surface area (Å²) in [6.07, 6.45) is 9.38. The molecule has 0 spiro atoms. The number of halogens is 1. The van der Waals surface area contributed by atoms with Gasteiger partial charge in [0.05, 0.1) is 0 Å². The Balaban J connectivity index is 0.000000140. The molecule has 196 valence electrons. The van der Waals surface area contributed by atoms with Crippen molar-refractivity contribution in [1.29, 1.82) is 0 Å². The van der Waals surface area contributed by atoms with Crippen molar-refractivity contribution < 1.29 is 9.18 Å². The zero-order chi connectivity index (χ0) is 25.5. The maximum atomic E-state index is 13.7. The van der Waals surface area contributed by atoms with Gasteiger partial charge in [-0.15, -0.1) is 0 Å². The average molecular weight is 511 g/mol. The van der Waals surface area contributed by atoms with Gasteiger partial charge < -0.3 is 4.90 Å². The van der Waals surface area contributed by atoms with Gasteiger partial charge in [-0.1, -0.05) is 76.8 Å². The van der Waals surface area contributed by atoms with E-state index >= 15 is 0 Å². The molecule has 36 heavy (non-hydrogen) atoms. The molecule has 6 rings (SSSR count). The summed E-state index contributed by atoms with van der Waals surface area (Å²) >= 11 is 0. The molecule has 0 bridgehead atoms. The Bertz CT molecular complexity index is 887. The molecule has 2 aliphatic heterocycles. The van der Waals surface area contributed by atoms with Gasteiger partial charge in [-0.25, -0.2) is 4.39 Å². The van der Waals surface area contributed by atoms with E-state index in [1.807, 2.05) is 60.7 Å². The molecule has 2 aliphatic carbocycles. The van der Waals surface area contributed by atoms with E-state index in [9.17, 15) is 9.18 Å². The highest BCUT2D eigenvalue weighted by Gasteiger charge is 2.46. The molecule has 2 saturated carbocycles. The molecule has 2 saturated heterocycles. The van der Waals surface area contributed by atoms with E-state index in [1.54, 1.807) is 11.3 Å². The minimum Gasteiger partial charge on any atom is -0.345 e. The number of likely N-dealkylation sites (tertiary alicyclic amines) is 2. The monoisotopic (exact) mass is 510 g/mol. The van der Waals surface area contributed by atoms with E-state index in [-0.39, 0.29) is 0 Å². The van der Waals surface area contributed by atoms with Crippen molar-refractivity contribution in [1.82, 2.24) is 9.80 Å². The summed E-state index contributed by atoms with van der Waals surface area (Å²) in [5.74, 6) is 3.65. The van der Waals surface area contributed by atoms with Crippen LogP contribution in [-0.2, 0) is 10.2 Å². The number of rotatable bonds is 4. The Morgan fingerprint density at radius 3 is 1.92 bits per heavy atom. The minimum atomic E-state index is -1.37. The second-order valence-corrected chi connectivity index (χ2v) is 12.6. The molecular formula is C31H44FN2OP. The molecule has 4 aliphatic rings. The van der Waals surface area contributed by atoms with Gasteiger partial charge in [-0.05, 0) is 74.3 Å². The van der Waals surface area contributed by atoms with Crippen LogP contribution in [0.2, 0.25) is 0 Å². The van der Waals surface area contributed by atoms with E-state index in [1.165, 1.54) is 51.3 Å². The van der Waals surface area contributed by atoms with E-state index in [0.717, 1.165) is 49.7 Å². The summed E-state index contributed by atoms with van der Waals surface area (Å²) in [4.78, 5) is 15.2. The fourth-order valence-corrected chi connectivity index (χ4v) is 6.15. The van der Waals surface area contributed by atoms with E-state index in [4.69, 9.17) is 0 Å². The summed E-state index contributed by atoms with van der Waals surface area (Å²) in [6.45, 7) is 8.43. The van der Waals surface area contributed by atoms with Crippen LogP contribution < -0.4 is 0 Å². The van der Waals surface area contributed by atoms with Crippen LogP contribution in [0.5, 0.6) is 0 Å². The first-order chi connectivity index (χ1) is 17.3. The van der Waals surface area contributed by atoms with Crippen LogP contribution in [0.25, 0.3) is 0 Å². The summed E-state index contributed by atoms with van der Waals surface area (Å²) in [6, 6.07) is 20.6. The lowest BCUT2D eigenvalue weighted by molar-refractivity contribution is -0.117. The normalized spacial score (nSPS) is 30.7. The van der Waals surface area contributed by atoms with Crippen LogP contribution >= 0.6 is 9.24 Å². The van der Waals surface area contributed by atoms with Crippen LogP contribution in [0.15, 0.2) is 60.7 Å². The van der Waals surface area contributed by atoms with Crippen molar-refractivity contribution in [3.05, 3.63) is 71.8 Å². The molecule has 2 aromatic carbocycles. The lowest BCUT2D eigenvalue weighted by Crippen LogP contribution is -2.37. The maximum Gasteiger partial charge on any atom is 0.209 e. The van der Waals surface area contributed by atoms with Crippen LogP contribution in [0, 0.1) is 17.8 Å². The maximum absolute atomic E-state index is 13.7. The largest absolute Gasteiger partial charge is 0.345 e. The van der Waals surface area contributed by atoms with Crippen molar-refractivity contribution in [3.8, 4) is 0 Å². The SMILES string of the molecule is CC(F)(P)c1ccc(C2CCN(C=O)C2)cc1.CC1CCC(N2CC3CC3C2)CC1.c1ccccc1. The molecule has 0 N–H and O–H groups in total. The van der Waals surface area contributed by atoms with E-state index in [0.29, 0.717) is 11.5 Å². The Morgan fingerprint density at radius 1 is 0.889 bits per heavy atom. The number of benzene rings is 2. The number of carbonyl (C=O) groups is 1. The van der Waals surface area contributed by atoms with Gasteiger partial charge in [0.2, 0.25) is 6.41 Å². The van der Waals surface area contributed by atoms with Crippen molar-refractivity contribution >= 4 is 15.6 Å². The molecule has 3 nitrogen and oxygen atoms in total. The molecule has 0 aromatic heterocycles. The molecule has 1 amide bonds. The lowest BCUT2D eigenvalue weighted by Gasteiger charge is -2.34. The smallest absolute Gasteiger partial charge is 0.209 e. The summed E-state index contributed by atoms with van der Waals surface area (Å²) in [5, 5.41) is -1.37. The van der Waals surface area contributed by atoms with Gasteiger partial charge in [0, 0.05) is 38.1 Å². The molecule has 0 radical (unpaired) electrons. The number of hydrogen-bond donors (Lipinski definition) is 0. The third-order valence-corrected chi connectivity index (χ3v) is 8.82. The number of alkyl halides is 1. The molecule has 5 heteroatoms. The van der Waals surface area contributed by atoms with Crippen LogP contribution in [0.3, 0.4) is 0 Å². The van der Waals surface area contributed by atoms with Gasteiger partial charge in [-0.2, -0.15) is 0 Å². The third-order valence-electron chi connectivity index (χ3n) is 8.49. The van der Waals surface area contributed by atoms with Gasteiger partial charge in [0.15, 0.2) is 0 Å². The summed E-state index contributed by atoms with van der Waals surface area (Å²) < 4.78 is 13.7. The molecule has 5 unspecified atom stereocenters. The van der Waals surface area contributed by atoms with E-state index in [2.05, 4.69) is 21.1 Å². The fourth-order valence-electron chi connectivity index (χ4n) is 5.96. The van der Waals surface area contributed by atoms with Crippen molar-refractivity contribution in [3.63, 3.8) is 0 Å². The first kappa shape index (κ1) is 27.3. The van der Waals surface area contributed by atoms with Gasteiger partial charge >= 0.3 is 0 Å². The van der Waals surface area contributed by atoms with Gasteiger partial charge in [0.25, 0.3) is 0 Å². The second kappa shape index (κ2) is 12.7. The molecular weight excluding hydrogens is 466 g/mol. The van der Waals surface area contributed by atoms with Crippen LogP contribution in [-0.4, -0.2) is 48.4 Å². The third kappa shape index (κ3) is 7.86. The highest BCUT2D eigenvalue weighted by atomic mass is 31.0. The number of nitrogens with zero attached hydrogens (tertiary/aromatic N) is 2. The second-order valence-electron chi connectivity index (χ2n) is 11.6. The first-order valence-electron chi connectivity index (χ1n) is 13.8. The van der Waals surface area contributed by atoms with E-state index < -0.39 is 5.41 Å². The predicted octanol–water partition coefficient (Wildman–Crippen LogP) is 6.85. The van der Waals surface area contributed by atoms with Gasteiger partial charge in [-0.3, -0.25) is 9.69 Å². The number of amides is 1. The zero-order valence-electron chi connectivity index (χ0n) is 22.1. The Kier molecular flexibility index (Phi) is 9.58. The number of piperidine rings is 1. The van der Waals surface area contributed by atoms with Crippen molar-refractivity contribution in [2.45, 2.75) is 69.7 Å². The number of hydrogen-bond acceptors (Lipinski definition) is 2. The Labute approximate surface area is 220 Å². The molecule has 5 atom stereocenters. The fraction of sp³-hybridized carbons (Fsp3) is 0.581.